The SMILES string of the molecule is CC[C@H]1OC(=O)[C@H](C)[C@@H](O[C@H]2C[C@@](C)(OC)[C@@H](OCCCN(C)CCSc3ccc4c(c3)c(=O)c(C(=O)O)cn4CC)[C@H](C)O2)[C@H](C)C(O[C@@H]2O[C@H](C)C[C@H](N(C)C)[C@H]2O)[C@](C)(OC)C[C@@H](C)C(=O)[C@H](C)[C@H]2NC(=O)O[C@@]21C. The van der Waals surface area contributed by atoms with Crippen LogP contribution in [-0.2, 0) is 58.8 Å². The number of nitrogens with zero attached hydrogens (tertiary/aromatic N) is 3. The third kappa shape index (κ3) is 13.8. The maximum absolute atomic E-state index is 14.8. The summed E-state index contributed by atoms with van der Waals surface area (Å²) in [5.41, 5.74) is -3.60. The molecule has 0 saturated carbocycles. The minimum absolute atomic E-state index is 0.150. The molecule has 4 saturated heterocycles. The number of ether oxygens (including phenoxy) is 9. The average Bonchev–Trinajstić information content (AvgIpc) is 3.79. The maximum atomic E-state index is 14.8. The summed E-state index contributed by atoms with van der Waals surface area (Å²) in [7, 11) is 9.00. The summed E-state index contributed by atoms with van der Waals surface area (Å²) < 4.78 is 60.5. The van der Waals surface area contributed by atoms with Crippen molar-refractivity contribution >= 4 is 46.5 Å². The van der Waals surface area contributed by atoms with Crippen molar-refractivity contribution in [1.29, 1.82) is 0 Å². The number of aryl methyl sites for hydroxylation is 1. The lowest BCUT2D eigenvalue weighted by molar-refractivity contribution is -0.322. The van der Waals surface area contributed by atoms with Crippen LogP contribution < -0.4 is 10.7 Å². The van der Waals surface area contributed by atoms with Crippen LogP contribution in [0, 0.1) is 23.7 Å². The van der Waals surface area contributed by atoms with Crippen LogP contribution in [0.4, 0.5) is 4.79 Å². The molecule has 20 nitrogen and oxygen atoms in total. The first-order chi connectivity index (χ1) is 36.7. The summed E-state index contributed by atoms with van der Waals surface area (Å²) >= 11 is 1.60. The minimum Gasteiger partial charge on any atom is -0.477 e. The van der Waals surface area contributed by atoms with Crippen LogP contribution in [0.25, 0.3) is 10.9 Å². The molecule has 1 unspecified atom stereocenters. The Morgan fingerprint density at radius 1 is 0.910 bits per heavy atom. The van der Waals surface area contributed by atoms with Gasteiger partial charge in [-0.1, -0.05) is 27.7 Å². The molecule has 2 aromatic rings. The van der Waals surface area contributed by atoms with E-state index in [9.17, 15) is 34.2 Å². The van der Waals surface area contributed by atoms with Crippen LogP contribution in [0.5, 0.6) is 0 Å². The Labute approximate surface area is 465 Å². The predicted octanol–water partition coefficient (Wildman–Crippen LogP) is 6.37. The number of benzene rings is 1. The van der Waals surface area contributed by atoms with E-state index in [0.717, 1.165) is 23.7 Å². The number of carboxylic acids is 1. The molecule has 0 spiro atoms. The molecular formula is C57H90N4O16S. The van der Waals surface area contributed by atoms with Crippen molar-refractivity contribution < 1.29 is 72.0 Å². The Bertz CT molecular complexity index is 2460. The molecule has 0 aliphatic carbocycles. The van der Waals surface area contributed by atoms with Gasteiger partial charge < -0.3 is 72.5 Å². The van der Waals surface area contributed by atoms with Crippen LogP contribution in [0.15, 0.2) is 34.1 Å². The highest BCUT2D eigenvalue weighted by molar-refractivity contribution is 7.99. The van der Waals surface area contributed by atoms with Gasteiger partial charge in [0.1, 0.15) is 29.7 Å². The summed E-state index contributed by atoms with van der Waals surface area (Å²) in [6, 6.07) is 4.48. The second kappa shape index (κ2) is 26.4. The highest BCUT2D eigenvalue weighted by Gasteiger charge is 2.58. The monoisotopic (exact) mass is 1120 g/mol. The van der Waals surface area contributed by atoms with Gasteiger partial charge in [0.05, 0.1) is 53.1 Å². The first-order valence-corrected chi connectivity index (χ1v) is 28.8. The highest BCUT2D eigenvalue weighted by Crippen LogP contribution is 2.43. The lowest BCUT2D eigenvalue weighted by atomic mass is 9.73. The van der Waals surface area contributed by atoms with E-state index < -0.39 is 119 Å². The first-order valence-electron chi connectivity index (χ1n) is 27.8. The number of esters is 1. The first kappa shape index (κ1) is 63.4. The van der Waals surface area contributed by atoms with Crippen molar-refractivity contribution in [2.45, 2.75) is 204 Å². The van der Waals surface area contributed by atoms with Crippen molar-refractivity contribution in [2.75, 3.05) is 60.8 Å². The zero-order valence-corrected chi connectivity index (χ0v) is 49.7. The number of aliphatic hydroxyl groups is 1. The number of aromatic carboxylic acids is 1. The van der Waals surface area contributed by atoms with Crippen LogP contribution >= 0.6 is 11.8 Å². The molecule has 4 aliphatic rings. The molecule has 0 radical (unpaired) electrons. The lowest BCUT2D eigenvalue weighted by Crippen LogP contribution is -2.61. The summed E-state index contributed by atoms with van der Waals surface area (Å²) in [5.74, 6) is -4.40. The smallest absolute Gasteiger partial charge is 0.408 e. The largest absolute Gasteiger partial charge is 0.477 e. The van der Waals surface area contributed by atoms with E-state index in [1.807, 2.05) is 93.6 Å². The number of likely N-dealkylation sites (N-methyl/N-ethyl adjacent to an activating group) is 1. The van der Waals surface area contributed by atoms with E-state index >= 15 is 0 Å². The Morgan fingerprint density at radius 3 is 2.22 bits per heavy atom. The number of carbonyl (C=O) groups is 4. The Morgan fingerprint density at radius 2 is 1.59 bits per heavy atom. The van der Waals surface area contributed by atoms with E-state index in [-0.39, 0.29) is 42.8 Å². The summed E-state index contributed by atoms with van der Waals surface area (Å²) in [6.45, 7) is 22.7. The van der Waals surface area contributed by atoms with Gasteiger partial charge in [0.25, 0.3) is 0 Å². The van der Waals surface area contributed by atoms with Crippen molar-refractivity contribution in [3.8, 4) is 0 Å². The summed E-state index contributed by atoms with van der Waals surface area (Å²) in [5, 5.41) is 24.7. The Hall–Kier alpha value is -3.74. The third-order valence-electron chi connectivity index (χ3n) is 17.2. The zero-order chi connectivity index (χ0) is 57.8. The van der Waals surface area contributed by atoms with Crippen molar-refractivity contribution in [1.82, 2.24) is 19.7 Å². The number of ketones is 1. The van der Waals surface area contributed by atoms with Gasteiger partial charge in [0.15, 0.2) is 18.2 Å². The quantitative estimate of drug-likeness (QED) is 0.0788. The van der Waals surface area contributed by atoms with E-state index in [1.165, 1.54) is 6.20 Å². The van der Waals surface area contributed by atoms with Crippen LogP contribution in [0.2, 0.25) is 0 Å². The molecule has 0 bridgehead atoms. The molecular weight excluding hydrogens is 1030 g/mol. The van der Waals surface area contributed by atoms with E-state index in [0.29, 0.717) is 36.9 Å². The molecule has 1 aromatic heterocycles. The number of nitrogens with one attached hydrogen (secondary N) is 1. The number of aromatic nitrogens is 1. The number of pyridine rings is 1. The maximum Gasteiger partial charge on any atom is 0.408 e. The normalized spacial score (nSPS) is 37.2. The van der Waals surface area contributed by atoms with Crippen LogP contribution in [0.1, 0.15) is 119 Å². The third-order valence-corrected chi connectivity index (χ3v) is 18.2. The van der Waals surface area contributed by atoms with Gasteiger partial charge in [-0.3, -0.25) is 14.4 Å². The van der Waals surface area contributed by atoms with Gasteiger partial charge in [0.2, 0.25) is 5.43 Å². The number of carboxylic acid groups (broad SMARTS) is 1. The number of carbonyl (C=O) groups excluding carboxylic acids is 3. The number of Topliss-reactive ketones (excluding diaryl/α,β-unsaturated/α-hetero) is 1. The van der Waals surface area contributed by atoms with E-state index in [1.54, 1.807) is 57.4 Å². The van der Waals surface area contributed by atoms with Crippen molar-refractivity contribution in [3.05, 3.63) is 40.2 Å². The van der Waals surface area contributed by atoms with Gasteiger partial charge >= 0.3 is 18.0 Å². The number of cyclic esters (lactones) is 1. The summed E-state index contributed by atoms with van der Waals surface area (Å²) in [4.78, 5) is 72.3. The second-order valence-corrected chi connectivity index (χ2v) is 24.3. The number of hydrogen-bond donors (Lipinski definition) is 3. The fourth-order valence-corrected chi connectivity index (χ4v) is 13.5. The molecule has 21 heteroatoms. The number of rotatable bonds is 19. The second-order valence-electron chi connectivity index (χ2n) is 23.2. The predicted molar refractivity (Wildman–Crippen MR) is 294 cm³/mol. The molecule has 4 aliphatic heterocycles. The topological polar surface area (TPSA) is 232 Å². The van der Waals surface area contributed by atoms with Gasteiger partial charge in [-0.25, -0.2) is 9.59 Å². The van der Waals surface area contributed by atoms with E-state index in [2.05, 4.69) is 10.2 Å². The van der Waals surface area contributed by atoms with Gasteiger partial charge in [-0.15, -0.1) is 11.8 Å². The molecule has 1 amide bonds. The molecule has 18 atom stereocenters. The van der Waals surface area contributed by atoms with Crippen LogP contribution in [0.3, 0.4) is 0 Å². The molecule has 6 rings (SSSR count). The number of hydrogen-bond acceptors (Lipinski definition) is 18. The standard InChI is InChI=1S/C57H90N4O16S/c1-17-42-57(11)48(58-54(68)77-57)33(5)44(62)31(3)28-55(9,69-15)49(76-53-46(64)41(59(12)13)26-32(4)72-53)34(6)47(35(7)52(67)74-42)75-43-29-56(10,70-16)50(36(8)73-43)71-24-19-22-60(14)23-25-78-37-20-21-40-38(27-37)45(63)39(51(65)66)30-61(40)18-2/h20-21,27,30-36,41-43,46-50,53,64H,17-19,22-26,28-29H2,1-16H3,(H,58,68)(H,65,66)/t31-,32-,33+,34+,35-,36+,41+,42-,43+,46-,47+,48-,49?,50+,53+,55-,56-,57-/m1/s1. The molecule has 440 valence electrons. The van der Waals surface area contributed by atoms with Gasteiger partial charge in [0, 0.05) is 92.9 Å². The molecule has 5 heterocycles. The van der Waals surface area contributed by atoms with Crippen molar-refractivity contribution in [3.63, 3.8) is 0 Å². The van der Waals surface area contributed by atoms with Crippen LogP contribution in [-0.4, -0.2) is 193 Å². The highest BCUT2D eigenvalue weighted by atomic mass is 32.2. The van der Waals surface area contributed by atoms with Gasteiger partial charge in [-0.2, -0.15) is 0 Å². The van der Waals surface area contributed by atoms with Crippen molar-refractivity contribution in [2.24, 2.45) is 23.7 Å². The number of methoxy groups -OCH3 is 2. The fourth-order valence-electron chi connectivity index (χ4n) is 12.5. The average molecular weight is 1120 g/mol. The minimum atomic E-state index is -1.39. The number of alkyl carbamates (subject to hydrolysis) is 1. The Kier molecular flexibility index (Phi) is 21.5. The zero-order valence-electron chi connectivity index (χ0n) is 48.9. The number of fused-ring (bicyclic) bond motifs is 2. The van der Waals surface area contributed by atoms with E-state index in [4.69, 9.17) is 42.6 Å². The Balaban J connectivity index is 1.20. The fraction of sp³-hybridized carbons (Fsp3) is 0.772. The number of amides is 1. The molecule has 3 N–H and O–H groups in total. The number of thioether (sulfide) groups is 1. The summed E-state index contributed by atoms with van der Waals surface area (Å²) in [6.07, 6.45) is -4.79. The lowest BCUT2D eigenvalue weighted by Gasteiger charge is -2.50. The number of aliphatic hydroxyl groups excluding tert-OH is 1. The van der Waals surface area contributed by atoms with Gasteiger partial charge in [-0.05, 0) is 113 Å². The molecule has 78 heavy (non-hydrogen) atoms. The molecule has 4 fully saturated rings. The molecule has 1 aromatic carbocycles.